The van der Waals surface area contributed by atoms with Gasteiger partial charge in [0.15, 0.2) is 0 Å². The molecule has 0 atom stereocenters. The molecule has 0 fully saturated rings. The molecule has 1 heterocycles. The van der Waals surface area contributed by atoms with Crippen molar-refractivity contribution in [2.75, 3.05) is 11.9 Å². The minimum atomic E-state index is -0.503. The summed E-state index contributed by atoms with van der Waals surface area (Å²) in [6.07, 6.45) is 0. The van der Waals surface area contributed by atoms with Gasteiger partial charge in [0.05, 0.1) is 17.9 Å². The topological polar surface area (TPSA) is 94.3 Å². The van der Waals surface area contributed by atoms with Crippen molar-refractivity contribution in [3.05, 3.63) is 40.0 Å². The lowest BCUT2D eigenvalue weighted by molar-refractivity contribution is 0.0526. The molecule has 21 heavy (non-hydrogen) atoms. The van der Waals surface area contributed by atoms with Crippen LogP contribution >= 0.6 is 15.9 Å². The number of hydrogen-bond donors (Lipinski definition) is 1. The summed E-state index contributed by atoms with van der Waals surface area (Å²) >= 11 is 3.29. The van der Waals surface area contributed by atoms with E-state index in [1.807, 2.05) is 0 Å². The van der Waals surface area contributed by atoms with Crippen LogP contribution in [0.15, 0.2) is 27.2 Å². The second-order valence-corrected chi connectivity index (χ2v) is 4.86. The van der Waals surface area contributed by atoms with Crippen LogP contribution in [-0.4, -0.2) is 28.6 Å². The van der Waals surface area contributed by atoms with E-state index in [2.05, 4.69) is 31.4 Å². The number of ether oxygens (including phenoxy) is 1. The van der Waals surface area contributed by atoms with Gasteiger partial charge in [-0.25, -0.2) is 4.79 Å². The maximum Gasteiger partial charge on any atom is 0.338 e. The van der Waals surface area contributed by atoms with E-state index in [0.717, 1.165) is 0 Å². The maximum absolute atomic E-state index is 11.9. The Balaban J connectivity index is 2.14. The van der Waals surface area contributed by atoms with Crippen molar-refractivity contribution in [3.63, 3.8) is 0 Å². The molecule has 7 nitrogen and oxygen atoms in total. The first-order chi connectivity index (χ1) is 10.0. The third-order valence-corrected chi connectivity index (χ3v) is 3.12. The quantitative estimate of drug-likeness (QED) is 0.848. The number of hydrogen-bond acceptors (Lipinski definition) is 6. The summed E-state index contributed by atoms with van der Waals surface area (Å²) in [7, 11) is 0. The number of carbonyl (C=O) groups excluding carboxylic acids is 2. The van der Waals surface area contributed by atoms with Crippen LogP contribution < -0.4 is 5.32 Å². The number of halogens is 1. The third-order valence-electron chi connectivity index (χ3n) is 2.46. The summed E-state index contributed by atoms with van der Waals surface area (Å²) in [4.78, 5) is 27.3. The van der Waals surface area contributed by atoms with Crippen LogP contribution in [0, 0.1) is 6.92 Å². The fourth-order valence-electron chi connectivity index (χ4n) is 1.53. The van der Waals surface area contributed by atoms with Gasteiger partial charge in [0.2, 0.25) is 5.89 Å². The van der Waals surface area contributed by atoms with Gasteiger partial charge in [-0.15, -0.1) is 0 Å². The molecular formula is C13H12BrN3O4. The maximum atomic E-state index is 11.9. The van der Waals surface area contributed by atoms with Crippen LogP contribution in [0.3, 0.4) is 0 Å². The summed E-state index contributed by atoms with van der Waals surface area (Å²) in [6, 6.07) is 4.70. The number of nitrogens with zero attached hydrogens (tertiary/aromatic N) is 2. The number of aryl methyl sites for hydroxylation is 1. The molecule has 0 radical (unpaired) electrons. The van der Waals surface area contributed by atoms with Crippen molar-refractivity contribution in [1.29, 1.82) is 0 Å². The first kappa shape index (κ1) is 15.2. The zero-order chi connectivity index (χ0) is 15.4. The van der Waals surface area contributed by atoms with E-state index < -0.39 is 11.9 Å². The van der Waals surface area contributed by atoms with Gasteiger partial charge in [-0.3, -0.25) is 4.79 Å². The van der Waals surface area contributed by atoms with Crippen molar-refractivity contribution in [2.45, 2.75) is 13.8 Å². The Morgan fingerprint density at radius 1 is 1.43 bits per heavy atom. The molecule has 2 rings (SSSR count). The highest BCUT2D eigenvalue weighted by Crippen LogP contribution is 2.24. The smallest absolute Gasteiger partial charge is 0.338 e. The molecule has 0 spiro atoms. The molecule has 1 N–H and O–H groups in total. The molecule has 1 amide bonds. The Morgan fingerprint density at radius 3 is 2.76 bits per heavy atom. The Morgan fingerprint density at radius 2 is 2.19 bits per heavy atom. The van der Waals surface area contributed by atoms with Gasteiger partial charge < -0.3 is 14.6 Å². The Labute approximate surface area is 128 Å². The minimum absolute atomic E-state index is 0.0612. The van der Waals surface area contributed by atoms with Crippen molar-refractivity contribution in [3.8, 4) is 0 Å². The largest absolute Gasteiger partial charge is 0.462 e. The number of benzene rings is 1. The highest BCUT2D eigenvalue weighted by molar-refractivity contribution is 9.10. The number of esters is 1. The van der Waals surface area contributed by atoms with Crippen LogP contribution in [0.2, 0.25) is 0 Å². The second kappa shape index (κ2) is 6.49. The SMILES string of the molecule is CCOC(=O)c1ccc(NC(=O)c2noc(C)n2)c(Br)c1. The van der Waals surface area contributed by atoms with Crippen LogP contribution in [0.5, 0.6) is 0 Å². The molecule has 0 aliphatic heterocycles. The highest BCUT2D eigenvalue weighted by Gasteiger charge is 2.15. The van der Waals surface area contributed by atoms with Gasteiger partial charge in [0, 0.05) is 11.4 Å². The summed E-state index contributed by atoms with van der Waals surface area (Å²) in [6.45, 7) is 3.62. The van der Waals surface area contributed by atoms with E-state index >= 15 is 0 Å². The van der Waals surface area contributed by atoms with Crippen molar-refractivity contribution in [2.24, 2.45) is 0 Å². The van der Waals surface area contributed by atoms with Crippen molar-refractivity contribution < 1.29 is 18.8 Å². The zero-order valence-electron chi connectivity index (χ0n) is 11.3. The molecule has 1 aromatic carbocycles. The highest BCUT2D eigenvalue weighted by atomic mass is 79.9. The van der Waals surface area contributed by atoms with Crippen LogP contribution in [0.4, 0.5) is 5.69 Å². The molecule has 0 bridgehead atoms. The fourth-order valence-corrected chi connectivity index (χ4v) is 2.01. The first-order valence-electron chi connectivity index (χ1n) is 6.09. The van der Waals surface area contributed by atoms with Crippen molar-refractivity contribution >= 4 is 33.5 Å². The number of carbonyl (C=O) groups is 2. The monoisotopic (exact) mass is 353 g/mol. The summed E-state index contributed by atoms with van der Waals surface area (Å²) < 4.78 is 10.2. The standard InChI is InChI=1S/C13H12BrN3O4/c1-3-20-13(19)8-4-5-10(9(14)6-8)16-12(18)11-15-7(2)21-17-11/h4-6H,3H2,1-2H3,(H,16,18). The Bertz CT molecular complexity index is 684. The van der Waals surface area contributed by atoms with Crippen molar-refractivity contribution in [1.82, 2.24) is 10.1 Å². The van der Waals surface area contributed by atoms with Crippen LogP contribution in [0.25, 0.3) is 0 Å². The van der Waals surface area contributed by atoms with Gasteiger partial charge in [-0.1, -0.05) is 5.16 Å². The molecule has 0 saturated heterocycles. The molecule has 1 aromatic heterocycles. The number of rotatable bonds is 4. The van der Waals surface area contributed by atoms with E-state index in [9.17, 15) is 9.59 Å². The summed E-state index contributed by atoms with van der Waals surface area (Å²) in [5.41, 5.74) is 0.868. The van der Waals surface area contributed by atoms with Gasteiger partial charge in [0.25, 0.3) is 11.7 Å². The second-order valence-electron chi connectivity index (χ2n) is 4.01. The van der Waals surface area contributed by atoms with E-state index in [0.29, 0.717) is 28.2 Å². The lowest BCUT2D eigenvalue weighted by Crippen LogP contribution is -2.14. The zero-order valence-corrected chi connectivity index (χ0v) is 12.9. The number of anilines is 1. The predicted molar refractivity (Wildman–Crippen MR) is 77.1 cm³/mol. The third kappa shape index (κ3) is 3.66. The average Bonchev–Trinajstić information content (AvgIpc) is 2.88. The molecule has 0 aliphatic carbocycles. The molecule has 0 saturated carbocycles. The van der Waals surface area contributed by atoms with Crippen LogP contribution in [-0.2, 0) is 4.74 Å². The van der Waals surface area contributed by atoms with Crippen LogP contribution in [0.1, 0.15) is 33.8 Å². The average molecular weight is 354 g/mol. The molecule has 2 aromatic rings. The molecule has 0 aliphatic rings. The summed E-state index contributed by atoms with van der Waals surface area (Å²) in [5, 5.41) is 6.14. The van der Waals surface area contributed by atoms with Gasteiger partial charge in [-0.2, -0.15) is 4.98 Å². The van der Waals surface area contributed by atoms with Gasteiger partial charge in [-0.05, 0) is 41.1 Å². The van der Waals surface area contributed by atoms with E-state index in [4.69, 9.17) is 9.26 Å². The molecular weight excluding hydrogens is 342 g/mol. The van der Waals surface area contributed by atoms with E-state index in [1.54, 1.807) is 32.0 Å². The Hall–Kier alpha value is -2.22. The lowest BCUT2D eigenvalue weighted by Gasteiger charge is -2.07. The van der Waals surface area contributed by atoms with Gasteiger partial charge >= 0.3 is 5.97 Å². The lowest BCUT2D eigenvalue weighted by atomic mass is 10.2. The number of nitrogens with one attached hydrogen (secondary N) is 1. The summed E-state index contributed by atoms with van der Waals surface area (Å²) in [5.74, 6) is -0.688. The first-order valence-corrected chi connectivity index (χ1v) is 6.89. The minimum Gasteiger partial charge on any atom is -0.462 e. The predicted octanol–water partition coefficient (Wildman–Crippen LogP) is 2.57. The molecule has 0 unspecified atom stereocenters. The number of amides is 1. The van der Waals surface area contributed by atoms with Gasteiger partial charge in [0.1, 0.15) is 0 Å². The Kier molecular flexibility index (Phi) is 4.69. The normalized spacial score (nSPS) is 10.2. The molecule has 8 heteroatoms. The number of aromatic nitrogens is 2. The van der Waals surface area contributed by atoms with E-state index in [1.165, 1.54) is 0 Å². The van der Waals surface area contributed by atoms with E-state index in [-0.39, 0.29) is 5.82 Å². The molecule has 110 valence electrons. The fraction of sp³-hybridized carbons (Fsp3) is 0.231.